The molecule has 3 atom stereocenters. The minimum atomic E-state index is -4.04. The number of rotatable bonds is 11. The fourth-order valence-electron chi connectivity index (χ4n) is 7.57. The van der Waals surface area contributed by atoms with Crippen LogP contribution in [-0.2, 0) is 35.4 Å². The molecule has 1 spiro atoms. The van der Waals surface area contributed by atoms with Crippen LogP contribution in [0.5, 0.6) is 0 Å². The maximum absolute atomic E-state index is 13.3. The van der Waals surface area contributed by atoms with Crippen LogP contribution in [0.3, 0.4) is 0 Å². The zero-order valence-electron chi connectivity index (χ0n) is 26.9. The second-order valence-corrected chi connectivity index (χ2v) is 16.4. The first-order valence-electron chi connectivity index (χ1n) is 15.8. The van der Waals surface area contributed by atoms with Gasteiger partial charge in [0.05, 0.1) is 12.2 Å². The SMILES string of the molecule is CC1=C(CCCNC(=O)OCC2=C(CC(O)O)N3C(=O)[C@H](NC(=O)Cc4cccs4)[C@@H]3S(=O)(=O)C2)C2=C(C)C3(CC3)[C@@](C)(O)C(=O)C2=C1. The van der Waals surface area contributed by atoms with Gasteiger partial charge in [0.2, 0.25) is 5.91 Å². The van der Waals surface area contributed by atoms with Crippen LogP contribution in [0.1, 0.15) is 57.8 Å². The van der Waals surface area contributed by atoms with E-state index in [0.29, 0.717) is 18.4 Å². The molecular formula is C33H39N3O10S2. The van der Waals surface area contributed by atoms with Gasteiger partial charge in [-0.1, -0.05) is 11.6 Å². The third-order valence-corrected chi connectivity index (χ3v) is 13.1. The van der Waals surface area contributed by atoms with Crippen molar-refractivity contribution in [3.05, 3.63) is 67.6 Å². The second-order valence-electron chi connectivity index (χ2n) is 13.3. The van der Waals surface area contributed by atoms with Gasteiger partial charge in [0.25, 0.3) is 5.91 Å². The lowest BCUT2D eigenvalue weighted by Gasteiger charge is -2.50. The number of thiophene rings is 1. The van der Waals surface area contributed by atoms with Crippen molar-refractivity contribution in [3.8, 4) is 0 Å². The number of hydrogen-bond donors (Lipinski definition) is 5. The maximum atomic E-state index is 13.3. The fraction of sp³-hybridized carbons (Fsp3) is 0.515. The van der Waals surface area contributed by atoms with Gasteiger partial charge in [0, 0.05) is 40.1 Å². The van der Waals surface area contributed by atoms with Crippen LogP contribution >= 0.6 is 11.3 Å². The number of aliphatic hydroxyl groups excluding tert-OH is 1. The Morgan fingerprint density at radius 3 is 2.58 bits per heavy atom. The number of nitrogens with one attached hydrogen (secondary N) is 2. The molecule has 0 radical (unpaired) electrons. The molecule has 1 saturated heterocycles. The second kappa shape index (κ2) is 12.4. The normalized spacial score (nSPS) is 26.8. The molecule has 5 aliphatic rings. The van der Waals surface area contributed by atoms with Crippen molar-refractivity contribution in [1.82, 2.24) is 15.5 Å². The molecule has 258 valence electrons. The number of alkyl carbamates (subject to hydrolysis) is 1. The molecule has 3 aliphatic carbocycles. The summed E-state index contributed by atoms with van der Waals surface area (Å²) in [6.45, 7) is 5.21. The van der Waals surface area contributed by atoms with Crippen LogP contribution in [-0.4, -0.2) is 94.5 Å². The van der Waals surface area contributed by atoms with Crippen molar-refractivity contribution >= 4 is 44.9 Å². The van der Waals surface area contributed by atoms with Gasteiger partial charge in [-0.05, 0) is 80.7 Å². The lowest BCUT2D eigenvalue weighted by molar-refractivity contribution is -0.147. The van der Waals surface area contributed by atoms with Crippen molar-refractivity contribution in [2.24, 2.45) is 5.41 Å². The summed E-state index contributed by atoms with van der Waals surface area (Å²) in [6.07, 6.45) is 1.18. The van der Waals surface area contributed by atoms with Crippen molar-refractivity contribution in [1.29, 1.82) is 0 Å². The molecule has 0 unspecified atom stereocenters. The first-order valence-corrected chi connectivity index (χ1v) is 18.4. The summed E-state index contributed by atoms with van der Waals surface area (Å²) in [4.78, 5) is 53.1. The van der Waals surface area contributed by atoms with E-state index < -0.39 is 75.2 Å². The van der Waals surface area contributed by atoms with E-state index in [1.165, 1.54) is 11.3 Å². The predicted molar refractivity (Wildman–Crippen MR) is 174 cm³/mol. The molecule has 2 fully saturated rings. The van der Waals surface area contributed by atoms with E-state index in [9.17, 15) is 42.9 Å². The quantitative estimate of drug-likeness (QED) is 0.128. The Morgan fingerprint density at radius 1 is 1.21 bits per heavy atom. The number of sulfone groups is 1. The van der Waals surface area contributed by atoms with Crippen molar-refractivity contribution in [2.45, 2.75) is 82.6 Å². The number of carbonyl (C=O) groups is 4. The Morgan fingerprint density at radius 2 is 1.94 bits per heavy atom. The van der Waals surface area contributed by atoms with Gasteiger partial charge in [0.1, 0.15) is 18.2 Å². The van der Waals surface area contributed by atoms with Gasteiger partial charge in [-0.2, -0.15) is 0 Å². The summed E-state index contributed by atoms with van der Waals surface area (Å²) in [7, 11) is -4.04. The van der Waals surface area contributed by atoms with Crippen LogP contribution in [0, 0.1) is 5.41 Å². The number of nitrogens with zero attached hydrogens (tertiary/aromatic N) is 1. The van der Waals surface area contributed by atoms with Crippen molar-refractivity contribution < 1.29 is 47.7 Å². The van der Waals surface area contributed by atoms with Gasteiger partial charge < -0.3 is 30.7 Å². The van der Waals surface area contributed by atoms with Crippen LogP contribution in [0.15, 0.2) is 62.7 Å². The first kappa shape index (κ1) is 34.2. The van der Waals surface area contributed by atoms with Crippen LogP contribution in [0.4, 0.5) is 4.79 Å². The zero-order valence-corrected chi connectivity index (χ0v) is 28.5. The van der Waals surface area contributed by atoms with Gasteiger partial charge in [-0.15, -0.1) is 11.3 Å². The Balaban J connectivity index is 1.06. The van der Waals surface area contributed by atoms with Crippen molar-refractivity contribution in [2.75, 3.05) is 18.9 Å². The van der Waals surface area contributed by atoms with E-state index in [0.717, 1.165) is 44.9 Å². The summed E-state index contributed by atoms with van der Waals surface area (Å²) in [5, 5.41) is 36.0. The van der Waals surface area contributed by atoms with Gasteiger partial charge >= 0.3 is 6.09 Å². The number of carbonyl (C=O) groups excluding carboxylic acids is 4. The van der Waals surface area contributed by atoms with E-state index in [-0.39, 0.29) is 30.0 Å². The molecule has 0 bridgehead atoms. The standard InChI is InChI=1S/C33H39N3O10S2/c1-17-12-22-26(18(2)33(8-9-33)32(3,43)28(22)40)21(17)7-4-10-34-31(42)46-15-19-16-48(44,45)30-27(29(41)36(30)23(19)14-25(38)39)35-24(37)13-20-6-5-11-47-20/h5-6,11-12,25,27,30,38-39,43H,4,7-10,13-16H2,1-3H3,(H,34,42)(H,35,37)/t27-,30-,32-/m0/s1. The van der Waals surface area contributed by atoms with E-state index >= 15 is 0 Å². The fourth-order valence-corrected chi connectivity index (χ4v) is 10.3. The molecule has 6 rings (SSSR count). The Labute approximate surface area is 281 Å². The monoisotopic (exact) mass is 701 g/mol. The van der Waals surface area contributed by atoms with Crippen LogP contribution < -0.4 is 10.6 Å². The van der Waals surface area contributed by atoms with Crippen molar-refractivity contribution in [3.63, 3.8) is 0 Å². The highest BCUT2D eigenvalue weighted by Crippen LogP contribution is 2.65. The van der Waals surface area contributed by atoms with E-state index in [1.807, 2.05) is 19.9 Å². The lowest BCUT2D eigenvalue weighted by atomic mass is 9.67. The summed E-state index contributed by atoms with van der Waals surface area (Å²) >= 11 is 1.35. The number of aliphatic hydroxyl groups is 3. The number of Topliss-reactive ketones (excluding diaryl/α,β-unsaturated/α-hetero) is 1. The molecule has 3 heterocycles. The number of hydrogen-bond acceptors (Lipinski definition) is 11. The number of ether oxygens (including phenoxy) is 1. The predicted octanol–water partition coefficient (Wildman–Crippen LogP) is 1.52. The summed E-state index contributed by atoms with van der Waals surface area (Å²) < 4.78 is 31.8. The molecule has 0 aromatic carbocycles. The highest BCUT2D eigenvalue weighted by molar-refractivity contribution is 7.92. The average molecular weight is 702 g/mol. The summed E-state index contributed by atoms with van der Waals surface area (Å²) in [5.74, 6) is -2.09. The van der Waals surface area contributed by atoms with Gasteiger partial charge in [-0.25, -0.2) is 13.2 Å². The Bertz CT molecular complexity index is 1810. The Kier molecular flexibility index (Phi) is 8.82. The first-order chi connectivity index (χ1) is 22.6. The van der Waals surface area contributed by atoms with E-state index in [2.05, 4.69) is 10.6 Å². The number of β-lactam (4-membered cyclic amide) rings is 1. The molecule has 15 heteroatoms. The largest absolute Gasteiger partial charge is 0.445 e. The number of amides is 3. The van der Waals surface area contributed by atoms with E-state index in [4.69, 9.17) is 4.74 Å². The van der Waals surface area contributed by atoms with Crippen LogP contribution in [0.2, 0.25) is 0 Å². The molecule has 3 amide bonds. The number of ketones is 1. The molecule has 2 aliphatic heterocycles. The zero-order chi connectivity index (χ0) is 34.8. The van der Waals surface area contributed by atoms with Gasteiger partial charge in [0.15, 0.2) is 27.3 Å². The van der Waals surface area contributed by atoms with Gasteiger partial charge in [-0.3, -0.25) is 19.3 Å². The maximum Gasteiger partial charge on any atom is 0.407 e. The molecule has 1 aromatic rings. The number of allylic oxidation sites excluding steroid dienone is 4. The highest BCUT2D eigenvalue weighted by atomic mass is 32.2. The summed E-state index contributed by atoms with van der Waals surface area (Å²) in [6, 6.07) is 2.20. The third kappa shape index (κ3) is 5.74. The topological polar surface area (TPSA) is 200 Å². The molecule has 1 aromatic heterocycles. The minimum Gasteiger partial charge on any atom is -0.445 e. The van der Waals surface area contributed by atoms with Crippen LogP contribution in [0.25, 0.3) is 0 Å². The van der Waals surface area contributed by atoms with E-state index in [1.54, 1.807) is 24.4 Å². The smallest absolute Gasteiger partial charge is 0.407 e. The third-order valence-electron chi connectivity index (χ3n) is 10.2. The summed E-state index contributed by atoms with van der Waals surface area (Å²) in [5.41, 5.74) is 2.50. The minimum absolute atomic E-state index is 0.0172. The Hall–Kier alpha value is -3.63. The number of fused-ring (bicyclic) bond motifs is 2. The molecule has 1 saturated carbocycles. The lowest BCUT2D eigenvalue weighted by Crippen LogP contribution is -2.74. The average Bonchev–Trinajstić information content (AvgIpc) is 3.56. The molecule has 5 N–H and O–H groups in total. The molecule has 48 heavy (non-hydrogen) atoms. The molecular weight excluding hydrogens is 663 g/mol. The highest BCUT2D eigenvalue weighted by Gasteiger charge is 2.65. The molecule has 13 nitrogen and oxygen atoms in total.